The van der Waals surface area contributed by atoms with Gasteiger partial charge < -0.3 is 19.8 Å². The number of carbonyl (C=O) groups is 1. The number of aromatic amines is 1. The van der Waals surface area contributed by atoms with Gasteiger partial charge in [-0.2, -0.15) is 8.42 Å². The molecule has 11 heteroatoms. The highest BCUT2D eigenvalue weighted by Gasteiger charge is 2.19. The summed E-state index contributed by atoms with van der Waals surface area (Å²) in [5.74, 6) is 0.318. The van der Waals surface area contributed by atoms with Crippen LogP contribution in [0.2, 0.25) is 5.02 Å². The molecule has 1 saturated carbocycles. The van der Waals surface area contributed by atoms with Crippen molar-refractivity contribution in [2.75, 3.05) is 10.6 Å². The summed E-state index contributed by atoms with van der Waals surface area (Å²) in [5, 5.41) is 9.33. The minimum atomic E-state index is -4.03. The lowest BCUT2D eigenvalue weighted by Gasteiger charge is -2.14. The molecule has 0 radical (unpaired) electrons. The van der Waals surface area contributed by atoms with E-state index >= 15 is 0 Å². The summed E-state index contributed by atoms with van der Waals surface area (Å²) in [6.07, 6.45) is 4.69. The van der Waals surface area contributed by atoms with Gasteiger partial charge in [0.05, 0.1) is 11.0 Å². The fourth-order valence-corrected chi connectivity index (χ4v) is 5.39. The zero-order valence-corrected chi connectivity index (χ0v) is 21.4. The van der Waals surface area contributed by atoms with Crippen LogP contribution in [-0.2, 0) is 16.7 Å². The second-order valence-corrected chi connectivity index (χ2v) is 10.8. The van der Waals surface area contributed by atoms with E-state index in [9.17, 15) is 13.2 Å². The van der Waals surface area contributed by atoms with E-state index in [0.29, 0.717) is 22.1 Å². The van der Waals surface area contributed by atoms with Crippen LogP contribution in [0.15, 0.2) is 71.6 Å². The molecule has 1 heterocycles. The molecule has 0 unspecified atom stereocenters. The summed E-state index contributed by atoms with van der Waals surface area (Å²) >= 11 is 6.11. The average molecular weight is 540 g/mol. The first-order valence-electron chi connectivity index (χ1n) is 11.9. The molecule has 5 rings (SSSR count). The Balaban J connectivity index is 1.21. The first-order chi connectivity index (χ1) is 17.9. The van der Waals surface area contributed by atoms with Crippen LogP contribution in [-0.4, -0.2) is 30.5 Å². The largest absolute Gasteiger partial charge is 0.382 e. The van der Waals surface area contributed by atoms with Crippen molar-refractivity contribution < 1.29 is 17.4 Å². The second-order valence-electron chi connectivity index (χ2n) is 8.85. The minimum absolute atomic E-state index is 0.0594. The first kappa shape index (κ1) is 24.9. The highest BCUT2D eigenvalue weighted by atomic mass is 35.5. The van der Waals surface area contributed by atoms with Gasteiger partial charge in [-0.3, -0.25) is 5.32 Å². The van der Waals surface area contributed by atoms with E-state index in [4.69, 9.17) is 15.8 Å². The van der Waals surface area contributed by atoms with Crippen LogP contribution in [0, 0.1) is 0 Å². The molecular formula is C26H26ClN5O4S. The van der Waals surface area contributed by atoms with Crippen LogP contribution in [0.4, 0.5) is 16.4 Å². The Hall–Kier alpha value is -3.76. The third-order valence-corrected chi connectivity index (χ3v) is 7.79. The Morgan fingerprint density at radius 2 is 1.81 bits per heavy atom. The predicted octanol–water partition coefficient (Wildman–Crippen LogP) is 5.66. The van der Waals surface area contributed by atoms with Crippen molar-refractivity contribution in [1.29, 1.82) is 0 Å². The molecule has 0 spiro atoms. The molecule has 192 valence electrons. The van der Waals surface area contributed by atoms with Crippen molar-refractivity contribution in [2.24, 2.45) is 0 Å². The summed E-state index contributed by atoms with van der Waals surface area (Å²) in [6.45, 7) is 0.249. The van der Waals surface area contributed by atoms with Crippen LogP contribution in [0.5, 0.6) is 5.75 Å². The molecule has 4 aromatic rings. The van der Waals surface area contributed by atoms with Gasteiger partial charge in [-0.05, 0) is 60.9 Å². The maximum atomic E-state index is 12.8. The molecule has 0 saturated heterocycles. The number of H-pyrrole nitrogens is 1. The molecular weight excluding hydrogens is 514 g/mol. The quantitative estimate of drug-likeness (QED) is 0.214. The molecule has 2 amide bonds. The van der Waals surface area contributed by atoms with E-state index in [0.717, 1.165) is 24.1 Å². The number of benzene rings is 3. The number of amides is 2. The predicted molar refractivity (Wildman–Crippen MR) is 144 cm³/mol. The molecule has 1 fully saturated rings. The van der Waals surface area contributed by atoms with Crippen molar-refractivity contribution in [3.63, 3.8) is 0 Å². The molecule has 1 aliphatic carbocycles. The van der Waals surface area contributed by atoms with E-state index < -0.39 is 16.1 Å². The Labute approximate surface area is 219 Å². The van der Waals surface area contributed by atoms with E-state index in [-0.39, 0.29) is 23.1 Å². The number of fused-ring (bicyclic) bond motifs is 1. The summed E-state index contributed by atoms with van der Waals surface area (Å²) in [7, 11) is -4.03. The lowest BCUT2D eigenvalue weighted by molar-refractivity contribution is 0.251. The Morgan fingerprint density at radius 1 is 1.05 bits per heavy atom. The van der Waals surface area contributed by atoms with Gasteiger partial charge in [-0.25, -0.2) is 9.78 Å². The zero-order chi connectivity index (χ0) is 25.8. The molecule has 4 N–H and O–H groups in total. The van der Waals surface area contributed by atoms with Crippen molar-refractivity contribution in [1.82, 2.24) is 15.3 Å². The van der Waals surface area contributed by atoms with Gasteiger partial charge in [0.1, 0.15) is 10.6 Å². The third-order valence-electron chi connectivity index (χ3n) is 6.16. The smallest absolute Gasteiger partial charge is 0.339 e. The molecule has 1 aromatic heterocycles. The molecule has 9 nitrogen and oxygen atoms in total. The normalized spacial score (nSPS) is 14.0. The van der Waals surface area contributed by atoms with Crippen LogP contribution in [0.3, 0.4) is 0 Å². The number of nitrogens with zero attached hydrogens (tertiary/aromatic N) is 1. The van der Waals surface area contributed by atoms with Crippen molar-refractivity contribution >= 4 is 50.4 Å². The lowest BCUT2D eigenvalue weighted by Crippen LogP contribution is -2.28. The Bertz CT molecular complexity index is 1520. The number of nitrogens with one attached hydrogen (secondary N) is 4. The number of hydrogen-bond acceptors (Lipinski definition) is 6. The zero-order valence-electron chi connectivity index (χ0n) is 19.8. The number of halogens is 1. The van der Waals surface area contributed by atoms with Crippen LogP contribution >= 0.6 is 11.6 Å². The van der Waals surface area contributed by atoms with E-state index in [2.05, 4.69) is 25.9 Å². The van der Waals surface area contributed by atoms with E-state index in [1.807, 2.05) is 18.2 Å². The molecule has 37 heavy (non-hydrogen) atoms. The van der Waals surface area contributed by atoms with Crippen molar-refractivity contribution in [3.05, 3.63) is 77.3 Å². The maximum absolute atomic E-state index is 12.8. The summed E-state index contributed by atoms with van der Waals surface area (Å²) in [5.41, 5.74) is 2.71. The summed E-state index contributed by atoms with van der Waals surface area (Å²) in [4.78, 5) is 19.6. The molecule has 0 aliphatic heterocycles. The van der Waals surface area contributed by atoms with Gasteiger partial charge >= 0.3 is 16.1 Å². The fraction of sp³-hybridized carbons (Fsp3) is 0.231. The third kappa shape index (κ3) is 6.15. The van der Waals surface area contributed by atoms with Gasteiger partial charge in [0, 0.05) is 29.4 Å². The summed E-state index contributed by atoms with van der Waals surface area (Å²) in [6, 6.07) is 18.4. The number of imidazole rings is 1. The highest BCUT2D eigenvalue weighted by Crippen LogP contribution is 2.26. The number of aromatic nitrogens is 2. The Morgan fingerprint density at radius 3 is 2.57 bits per heavy atom. The van der Waals surface area contributed by atoms with Crippen molar-refractivity contribution in [3.8, 4) is 5.75 Å². The van der Waals surface area contributed by atoms with E-state index in [1.54, 1.807) is 24.3 Å². The number of carbonyl (C=O) groups excluding carboxylic acids is 1. The lowest BCUT2D eigenvalue weighted by atomic mass is 10.2. The van der Waals surface area contributed by atoms with Crippen LogP contribution < -0.4 is 20.1 Å². The van der Waals surface area contributed by atoms with Gasteiger partial charge in [0.2, 0.25) is 5.95 Å². The maximum Gasteiger partial charge on any atom is 0.339 e. The monoisotopic (exact) mass is 539 g/mol. The highest BCUT2D eigenvalue weighted by molar-refractivity contribution is 7.87. The van der Waals surface area contributed by atoms with Gasteiger partial charge in [-0.15, -0.1) is 0 Å². The van der Waals surface area contributed by atoms with Gasteiger partial charge in [-0.1, -0.05) is 42.6 Å². The molecule has 1 aliphatic rings. The minimum Gasteiger partial charge on any atom is -0.382 e. The van der Waals surface area contributed by atoms with E-state index in [1.165, 1.54) is 37.1 Å². The second kappa shape index (κ2) is 10.7. The average Bonchev–Trinajstić information content (AvgIpc) is 3.53. The number of rotatable bonds is 8. The molecule has 0 bridgehead atoms. The molecule has 0 atom stereocenters. The SMILES string of the molecule is O=C(NCc1ccccc1Cl)Nc1nc2cc(OS(=O)(=O)c3ccc(NC4CCCC4)cc3)ccc2[nH]1. The topological polar surface area (TPSA) is 125 Å². The van der Waals surface area contributed by atoms with Crippen molar-refractivity contribution in [2.45, 2.75) is 43.2 Å². The standard InChI is InChI=1S/C26H26ClN5O4S/c27-22-8-4-1-5-17(22)16-28-26(33)32-25-30-23-14-11-20(15-24(23)31-25)36-37(34,35)21-12-9-19(10-13-21)29-18-6-2-3-7-18/h1,4-5,8-15,18,29H,2-3,6-7,16H2,(H3,28,30,31,32,33). The van der Waals surface area contributed by atoms with Gasteiger partial charge in [0.25, 0.3) is 0 Å². The number of hydrogen-bond donors (Lipinski definition) is 4. The first-order valence-corrected chi connectivity index (χ1v) is 13.7. The number of urea groups is 1. The fourth-order valence-electron chi connectivity index (χ4n) is 4.26. The van der Waals surface area contributed by atoms with Gasteiger partial charge in [0.15, 0.2) is 0 Å². The number of anilines is 2. The van der Waals surface area contributed by atoms with Crippen LogP contribution in [0.1, 0.15) is 31.2 Å². The molecule has 3 aromatic carbocycles. The van der Waals surface area contributed by atoms with Crippen LogP contribution in [0.25, 0.3) is 11.0 Å². The summed E-state index contributed by atoms with van der Waals surface area (Å²) < 4.78 is 31.0. The Kier molecular flexibility index (Phi) is 7.20.